The molecule has 0 aliphatic heterocycles. The molecule has 2 heteroatoms. The molecule has 0 bridgehead atoms. The summed E-state index contributed by atoms with van der Waals surface area (Å²) in [5.41, 5.74) is 0.441. The maximum Gasteiger partial charge on any atom is 0.187 e. The minimum Gasteiger partial charge on any atom is -0.289 e. The monoisotopic (exact) mass is 165 g/mol. The van der Waals surface area contributed by atoms with Gasteiger partial charge in [0.15, 0.2) is 5.78 Å². The third-order valence-electron chi connectivity index (χ3n) is 1.29. The molecule has 0 spiro atoms. The van der Waals surface area contributed by atoms with Gasteiger partial charge in [0.25, 0.3) is 0 Å². The Balaban J connectivity index is 3.13. The molecule has 1 nitrogen and oxygen atoms in total. The first-order valence-electron chi connectivity index (χ1n) is 3.09. The zero-order valence-corrected chi connectivity index (χ0v) is 6.51. The molecular formula is C9H6ClO. The summed E-state index contributed by atoms with van der Waals surface area (Å²) in [6, 6.07) is 6.78. The van der Waals surface area contributed by atoms with E-state index in [2.05, 4.69) is 0 Å². The Kier molecular flexibility index (Phi) is 2.44. The highest BCUT2D eigenvalue weighted by atomic mass is 35.5. The van der Waals surface area contributed by atoms with Crippen molar-refractivity contribution in [2.45, 2.75) is 0 Å². The number of carbonyl (C=O) groups is 1. The molecular weight excluding hydrogens is 160 g/mol. The second-order valence-corrected chi connectivity index (χ2v) is 2.42. The average Bonchev–Trinajstić information content (AvgIpc) is 2.04. The van der Waals surface area contributed by atoms with E-state index in [0.717, 1.165) is 6.08 Å². The van der Waals surface area contributed by atoms with Crippen molar-refractivity contribution in [3.8, 4) is 0 Å². The Morgan fingerprint density at radius 2 is 2.09 bits per heavy atom. The maximum atomic E-state index is 11.0. The first-order valence-corrected chi connectivity index (χ1v) is 3.47. The average molecular weight is 166 g/mol. The van der Waals surface area contributed by atoms with Gasteiger partial charge >= 0.3 is 0 Å². The number of allylic oxidation sites excluding steroid dienone is 1. The molecule has 0 amide bonds. The summed E-state index contributed by atoms with van der Waals surface area (Å²) < 4.78 is 0. The lowest BCUT2D eigenvalue weighted by Gasteiger charge is -1.96. The van der Waals surface area contributed by atoms with Gasteiger partial charge in [-0.2, -0.15) is 0 Å². The highest BCUT2D eigenvalue weighted by Gasteiger charge is 2.03. The smallest absolute Gasteiger partial charge is 0.187 e. The van der Waals surface area contributed by atoms with Gasteiger partial charge in [-0.3, -0.25) is 4.79 Å². The van der Waals surface area contributed by atoms with Gasteiger partial charge in [-0.05, 0) is 18.2 Å². The summed E-state index contributed by atoms with van der Waals surface area (Å²) in [7, 11) is 0. The van der Waals surface area contributed by atoms with Crippen LogP contribution in [-0.2, 0) is 0 Å². The van der Waals surface area contributed by atoms with Gasteiger partial charge in [-0.1, -0.05) is 30.3 Å². The van der Waals surface area contributed by atoms with Gasteiger partial charge in [0.1, 0.15) is 0 Å². The van der Waals surface area contributed by atoms with Crippen LogP contribution in [0.5, 0.6) is 0 Å². The van der Waals surface area contributed by atoms with E-state index >= 15 is 0 Å². The highest BCUT2D eigenvalue weighted by Crippen LogP contribution is 2.15. The number of benzene rings is 1. The lowest BCUT2D eigenvalue weighted by Crippen LogP contribution is -1.93. The van der Waals surface area contributed by atoms with E-state index in [-0.39, 0.29) is 5.78 Å². The van der Waals surface area contributed by atoms with Crippen molar-refractivity contribution in [3.63, 3.8) is 0 Å². The second kappa shape index (κ2) is 3.35. The van der Waals surface area contributed by atoms with Crippen LogP contribution in [0.25, 0.3) is 0 Å². The number of hydrogen-bond acceptors (Lipinski definition) is 1. The van der Waals surface area contributed by atoms with Crippen LogP contribution in [0.1, 0.15) is 10.4 Å². The first-order chi connectivity index (χ1) is 5.25. The number of rotatable bonds is 2. The van der Waals surface area contributed by atoms with Crippen molar-refractivity contribution in [2.75, 3.05) is 0 Å². The van der Waals surface area contributed by atoms with Crippen LogP contribution >= 0.6 is 11.6 Å². The molecule has 0 aliphatic rings. The fourth-order valence-electron chi connectivity index (χ4n) is 0.751. The van der Waals surface area contributed by atoms with Crippen molar-refractivity contribution in [1.29, 1.82) is 0 Å². The van der Waals surface area contributed by atoms with Crippen molar-refractivity contribution < 1.29 is 4.79 Å². The quantitative estimate of drug-likeness (QED) is 0.486. The summed E-state index contributed by atoms with van der Waals surface area (Å²) in [4.78, 5) is 11.0. The van der Waals surface area contributed by atoms with Crippen LogP contribution in [0.2, 0.25) is 5.02 Å². The molecule has 0 atom stereocenters. The summed E-state index contributed by atoms with van der Waals surface area (Å²) >= 11 is 5.70. The second-order valence-electron chi connectivity index (χ2n) is 2.01. The summed E-state index contributed by atoms with van der Waals surface area (Å²) in [5.74, 6) is -0.254. The molecule has 0 saturated carbocycles. The predicted molar refractivity (Wildman–Crippen MR) is 44.7 cm³/mol. The fourth-order valence-corrected chi connectivity index (χ4v) is 0.980. The molecule has 55 valence electrons. The van der Waals surface area contributed by atoms with E-state index in [1.165, 1.54) is 0 Å². The van der Waals surface area contributed by atoms with Crippen LogP contribution in [-0.4, -0.2) is 5.78 Å². The third kappa shape index (κ3) is 1.69. The molecule has 0 aromatic heterocycles. The molecule has 0 fully saturated rings. The molecule has 0 saturated heterocycles. The Bertz CT molecular complexity index is 291. The largest absolute Gasteiger partial charge is 0.289 e. The lowest BCUT2D eigenvalue weighted by molar-refractivity contribution is 0.104. The topological polar surface area (TPSA) is 17.1 Å². The Labute approximate surface area is 70.3 Å². The van der Waals surface area contributed by atoms with Crippen molar-refractivity contribution >= 4 is 17.4 Å². The molecule has 0 N–H and O–H groups in total. The Morgan fingerprint density at radius 3 is 2.64 bits per heavy atom. The molecule has 1 aromatic rings. The van der Waals surface area contributed by atoms with E-state index in [4.69, 9.17) is 18.2 Å². The van der Waals surface area contributed by atoms with Gasteiger partial charge in [0.2, 0.25) is 0 Å². The standard InChI is InChI=1S/C9H6ClO/c1-2-9(11)7-5-3-4-6-8(7)10/h1-6H. The van der Waals surface area contributed by atoms with Gasteiger partial charge < -0.3 is 0 Å². The van der Waals surface area contributed by atoms with Crippen LogP contribution < -0.4 is 0 Å². The Morgan fingerprint density at radius 1 is 1.45 bits per heavy atom. The molecule has 1 aromatic carbocycles. The van der Waals surface area contributed by atoms with Gasteiger partial charge in [0, 0.05) is 5.56 Å². The number of halogens is 1. The van der Waals surface area contributed by atoms with Crippen LogP contribution in [0.4, 0.5) is 0 Å². The Hall–Kier alpha value is -1.08. The van der Waals surface area contributed by atoms with Crippen molar-refractivity contribution in [3.05, 3.63) is 47.5 Å². The molecule has 0 heterocycles. The predicted octanol–water partition coefficient (Wildman–Crippen LogP) is 2.51. The minimum absolute atomic E-state index is 0.254. The molecule has 11 heavy (non-hydrogen) atoms. The van der Waals surface area contributed by atoms with E-state index in [9.17, 15) is 4.79 Å². The highest BCUT2D eigenvalue weighted by molar-refractivity contribution is 6.34. The van der Waals surface area contributed by atoms with Crippen LogP contribution in [0.3, 0.4) is 0 Å². The van der Waals surface area contributed by atoms with Crippen molar-refractivity contribution in [2.24, 2.45) is 0 Å². The number of carbonyl (C=O) groups excluding carboxylic acids is 1. The van der Waals surface area contributed by atoms with Crippen molar-refractivity contribution in [1.82, 2.24) is 0 Å². The minimum atomic E-state index is -0.254. The maximum absolute atomic E-state index is 11.0. The molecule has 1 rings (SSSR count). The fraction of sp³-hybridized carbons (Fsp3) is 0. The third-order valence-corrected chi connectivity index (χ3v) is 1.62. The number of ketones is 1. The lowest BCUT2D eigenvalue weighted by atomic mass is 10.1. The molecule has 0 aliphatic carbocycles. The zero-order chi connectivity index (χ0) is 8.27. The van der Waals surface area contributed by atoms with E-state index in [1.54, 1.807) is 24.3 Å². The SMILES string of the molecule is [CH]=CC(=O)c1ccccc1Cl. The van der Waals surface area contributed by atoms with Crippen LogP contribution in [0.15, 0.2) is 30.3 Å². The molecule has 0 unspecified atom stereocenters. The van der Waals surface area contributed by atoms with E-state index in [0.29, 0.717) is 10.6 Å². The first kappa shape index (κ1) is 8.02. The van der Waals surface area contributed by atoms with Gasteiger partial charge in [-0.25, -0.2) is 0 Å². The van der Waals surface area contributed by atoms with E-state index in [1.807, 2.05) is 0 Å². The van der Waals surface area contributed by atoms with E-state index < -0.39 is 0 Å². The molecule has 1 radical (unpaired) electrons. The normalized spacial score (nSPS) is 9.18. The van der Waals surface area contributed by atoms with Gasteiger partial charge in [0.05, 0.1) is 5.02 Å². The summed E-state index contributed by atoms with van der Waals surface area (Å²) in [5, 5.41) is 0.430. The summed E-state index contributed by atoms with van der Waals surface area (Å²) in [6.45, 7) is 5.04. The van der Waals surface area contributed by atoms with Crippen LogP contribution in [0, 0.1) is 6.58 Å². The zero-order valence-electron chi connectivity index (χ0n) is 5.75. The summed E-state index contributed by atoms with van der Waals surface area (Å²) in [6.07, 6.45) is 1.00. The van der Waals surface area contributed by atoms with Gasteiger partial charge in [-0.15, -0.1) is 0 Å². The number of hydrogen-bond donors (Lipinski definition) is 0.